The molecule has 0 spiro atoms. The topological polar surface area (TPSA) is 29.5 Å². The van der Waals surface area contributed by atoms with E-state index in [0.29, 0.717) is 0 Å². The number of halogens is 3. The molecule has 0 fully saturated rings. The average molecular weight is 296 g/mol. The number of alkyl halides is 3. The van der Waals surface area contributed by atoms with Gasteiger partial charge in [-0.15, -0.1) is 13.2 Å². The summed E-state index contributed by atoms with van der Waals surface area (Å²) in [6.45, 7) is 1.89. The van der Waals surface area contributed by atoms with Crippen LogP contribution in [0, 0.1) is 6.92 Å². The first kappa shape index (κ1) is 15.4. The fraction of sp³-hybridized carbons (Fsp3) is 0.250. The number of ether oxygens (including phenoxy) is 1. The summed E-state index contributed by atoms with van der Waals surface area (Å²) in [4.78, 5) is 0. The lowest BCUT2D eigenvalue weighted by Gasteiger charge is -2.18. The summed E-state index contributed by atoms with van der Waals surface area (Å²) >= 11 is 0. The van der Waals surface area contributed by atoms with Crippen LogP contribution in [0.4, 0.5) is 13.2 Å². The highest BCUT2D eigenvalue weighted by molar-refractivity contribution is 5.37. The largest absolute Gasteiger partial charge is 0.573 e. The fourth-order valence-electron chi connectivity index (χ4n) is 2.13. The van der Waals surface area contributed by atoms with Crippen molar-refractivity contribution in [3.63, 3.8) is 0 Å². The van der Waals surface area contributed by atoms with Crippen molar-refractivity contribution in [3.05, 3.63) is 65.2 Å². The third-order valence-corrected chi connectivity index (χ3v) is 3.18. The van der Waals surface area contributed by atoms with Crippen molar-refractivity contribution in [2.45, 2.75) is 25.8 Å². The Balaban J connectivity index is 2.23. The van der Waals surface area contributed by atoms with Gasteiger partial charge in [-0.3, -0.25) is 0 Å². The number of aryl methyl sites for hydroxylation is 1. The molecule has 0 aliphatic carbocycles. The lowest BCUT2D eigenvalue weighted by Crippen LogP contribution is -2.19. The van der Waals surface area contributed by atoms with E-state index in [9.17, 15) is 18.3 Å². The molecule has 0 aromatic heterocycles. The molecule has 5 heteroatoms. The molecule has 0 saturated carbocycles. The minimum Gasteiger partial charge on any atom is -0.405 e. The first-order chi connectivity index (χ1) is 9.87. The van der Waals surface area contributed by atoms with Gasteiger partial charge < -0.3 is 9.84 Å². The summed E-state index contributed by atoms with van der Waals surface area (Å²) in [5.41, 5.74) is 1.98. The SMILES string of the molecule is Cc1ccccc1CC(O)c1ccccc1OC(F)(F)F. The molecule has 2 nitrogen and oxygen atoms in total. The predicted octanol–water partition coefficient (Wildman–Crippen LogP) is 4.17. The Kier molecular flexibility index (Phi) is 4.53. The zero-order valence-electron chi connectivity index (χ0n) is 11.4. The Labute approximate surface area is 120 Å². The van der Waals surface area contributed by atoms with Crippen molar-refractivity contribution in [3.8, 4) is 5.75 Å². The van der Waals surface area contributed by atoms with Crippen molar-refractivity contribution >= 4 is 0 Å². The Morgan fingerprint density at radius 3 is 2.33 bits per heavy atom. The highest BCUT2D eigenvalue weighted by atomic mass is 19.4. The molecule has 2 aromatic carbocycles. The van der Waals surface area contributed by atoms with Crippen LogP contribution in [0.1, 0.15) is 22.8 Å². The maximum atomic E-state index is 12.4. The van der Waals surface area contributed by atoms with E-state index in [0.717, 1.165) is 11.1 Å². The molecule has 0 radical (unpaired) electrons. The van der Waals surface area contributed by atoms with E-state index in [-0.39, 0.29) is 17.7 Å². The van der Waals surface area contributed by atoms with Crippen LogP contribution in [0.5, 0.6) is 5.75 Å². The lowest BCUT2D eigenvalue weighted by atomic mass is 9.98. The fourth-order valence-corrected chi connectivity index (χ4v) is 2.13. The van der Waals surface area contributed by atoms with E-state index >= 15 is 0 Å². The summed E-state index contributed by atoms with van der Waals surface area (Å²) in [7, 11) is 0. The highest BCUT2D eigenvalue weighted by Gasteiger charge is 2.32. The van der Waals surface area contributed by atoms with Gasteiger partial charge in [0.2, 0.25) is 0 Å². The number of para-hydroxylation sites is 1. The number of aliphatic hydroxyl groups excluding tert-OH is 1. The monoisotopic (exact) mass is 296 g/mol. The maximum Gasteiger partial charge on any atom is 0.573 e. The van der Waals surface area contributed by atoms with E-state index in [1.165, 1.54) is 18.2 Å². The minimum atomic E-state index is -4.78. The molecule has 0 heterocycles. The summed E-state index contributed by atoms with van der Waals surface area (Å²) in [5.74, 6) is -0.369. The van der Waals surface area contributed by atoms with Crippen LogP contribution in [0.25, 0.3) is 0 Å². The quantitative estimate of drug-likeness (QED) is 0.917. The van der Waals surface area contributed by atoms with E-state index in [1.807, 2.05) is 31.2 Å². The van der Waals surface area contributed by atoms with Crippen LogP contribution in [-0.2, 0) is 6.42 Å². The molecule has 2 aromatic rings. The summed E-state index contributed by atoms with van der Waals surface area (Å²) in [6.07, 6.45) is -5.62. The van der Waals surface area contributed by atoms with Gasteiger partial charge in [0.25, 0.3) is 0 Å². The molecule has 0 aliphatic rings. The zero-order valence-corrected chi connectivity index (χ0v) is 11.4. The number of aliphatic hydroxyl groups is 1. The van der Waals surface area contributed by atoms with Crippen molar-refractivity contribution in [1.29, 1.82) is 0 Å². The third kappa shape index (κ3) is 4.23. The van der Waals surface area contributed by atoms with Crippen LogP contribution >= 0.6 is 0 Å². The zero-order chi connectivity index (χ0) is 15.5. The molecule has 21 heavy (non-hydrogen) atoms. The Morgan fingerprint density at radius 1 is 1.05 bits per heavy atom. The molecule has 1 N–H and O–H groups in total. The van der Waals surface area contributed by atoms with Crippen LogP contribution in [0.3, 0.4) is 0 Å². The molecule has 2 rings (SSSR count). The predicted molar refractivity (Wildman–Crippen MR) is 73.0 cm³/mol. The van der Waals surface area contributed by atoms with Crippen molar-refractivity contribution in [1.82, 2.24) is 0 Å². The molecule has 0 aliphatic heterocycles. The van der Waals surface area contributed by atoms with E-state index in [1.54, 1.807) is 6.07 Å². The van der Waals surface area contributed by atoms with Gasteiger partial charge in [-0.1, -0.05) is 42.5 Å². The molecule has 0 bridgehead atoms. The van der Waals surface area contributed by atoms with Gasteiger partial charge in [0.05, 0.1) is 6.10 Å². The van der Waals surface area contributed by atoms with Crippen molar-refractivity contribution in [2.75, 3.05) is 0 Å². The smallest absolute Gasteiger partial charge is 0.405 e. The van der Waals surface area contributed by atoms with Crippen molar-refractivity contribution < 1.29 is 23.0 Å². The molecule has 0 amide bonds. The minimum absolute atomic E-state index is 0.123. The Morgan fingerprint density at radius 2 is 1.67 bits per heavy atom. The van der Waals surface area contributed by atoms with Gasteiger partial charge in [-0.05, 0) is 24.1 Å². The molecular weight excluding hydrogens is 281 g/mol. The number of hydrogen-bond donors (Lipinski definition) is 1. The molecule has 1 unspecified atom stereocenters. The number of benzene rings is 2. The second-order valence-electron chi connectivity index (χ2n) is 4.73. The first-order valence-corrected chi connectivity index (χ1v) is 6.44. The van der Waals surface area contributed by atoms with Crippen LogP contribution < -0.4 is 4.74 Å². The normalized spacial score (nSPS) is 13.0. The molecule has 112 valence electrons. The van der Waals surface area contributed by atoms with Crippen molar-refractivity contribution in [2.24, 2.45) is 0 Å². The van der Waals surface area contributed by atoms with E-state index < -0.39 is 12.5 Å². The molecule has 0 saturated heterocycles. The maximum absolute atomic E-state index is 12.4. The average Bonchev–Trinajstić information content (AvgIpc) is 2.40. The van der Waals surface area contributed by atoms with Gasteiger partial charge in [-0.25, -0.2) is 0 Å². The van der Waals surface area contributed by atoms with Crippen LogP contribution in [-0.4, -0.2) is 11.5 Å². The van der Waals surface area contributed by atoms with E-state index in [4.69, 9.17) is 0 Å². The molecule has 1 atom stereocenters. The van der Waals surface area contributed by atoms with Gasteiger partial charge >= 0.3 is 6.36 Å². The number of rotatable bonds is 4. The van der Waals surface area contributed by atoms with Crippen LogP contribution in [0.15, 0.2) is 48.5 Å². The van der Waals surface area contributed by atoms with E-state index in [2.05, 4.69) is 4.74 Å². The Hall–Kier alpha value is -2.01. The van der Waals surface area contributed by atoms with Gasteiger partial charge in [0, 0.05) is 12.0 Å². The van der Waals surface area contributed by atoms with Crippen LogP contribution in [0.2, 0.25) is 0 Å². The van der Waals surface area contributed by atoms with Gasteiger partial charge in [-0.2, -0.15) is 0 Å². The summed E-state index contributed by atoms with van der Waals surface area (Å²) in [5, 5.41) is 10.2. The lowest BCUT2D eigenvalue weighted by molar-refractivity contribution is -0.275. The van der Waals surface area contributed by atoms with Gasteiger partial charge in [0.15, 0.2) is 0 Å². The standard InChI is InChI=1S/C16H15F3O2/c1-11-6-2-3-7-12(11)10-14(20)13-8-4-5-9-15(13)21-16(17,18)19/h2-9,14,20H,10H2,1H3. The highest BCUT2D eigenvalue weighted by Crippen LogP contribution is 2.32. The second kappa shape index (κ2) is 6.18. The first-order valence-electron chi connectivity index (χ1n) is 6.44. The Bertz CT molecular complexity index is 608. The molecular formula is C16H15F3O2. The third-order valence-electron chi connectivity index (χ3n) is 3.18. The summed E-state index contributed by atoms with van der Waals surface area (Å²) in [6, 6.07) is 13.1. The number of hydrogen-bond acceptors (Lipinski definition) is 2. The summed E-state index contributed by atoms with van der Waals surface area (Å²) < 4.78 is 41.1. The second-order valence-corrected chi connectivity index (χ2v) is 4.73. The van der Waals surface area contributed by atoms with Gasteiger partial charge in [0.1, 0.15) is 5.75 Å².